The van der Waals surface area contributed by atoms with Gasteiger partial charge >= 0.3 is 0 Å². The van der Waals surface area contributed by atoms with Crippen LogP contribution in [0.3, 0.4) is 0 Å². The quantitative estimate of drug-likeness (QED) is 0.174. The van der Waals surface area contributed by atoms with Crippen molar-refractivity contribution >= 4 is 17.3 Å². The molecule has 4 aliphatic carbocycles. The Morgan fingerprint density at radius 2 is 1.76 bits per heavy atom. The van der Waals surface area contributed by atoms with Crippen LogP contribution in [0.15, 0.2) is 58.4 Å². The number of hydrogen-bond donors (Lipinski definition) is 5. The fourth-order valence-electron chi connectivity index (χ4n) is 15.3. The number of ether oxygens (including phenoxy) is 2. The average molecular weight is 853 g/mol. The number of carbonyl (C=O) groups excluding carboxylic acids is 2. The van der Waals surface area contributed by atoms with Gasteiger partial charge in [-0.15, -0.1) is 0 Å². The molecule has 0 bridgehead atoms. The van der Waals surface area contributed by atoms with Crippen LogP contribution in [0, 0.1) is 52.3 Å². The Morgan fingerprint density at radius 1 is 1.03 bits per heavy atom. The van der Waals surface area contributed by atoms with E-state index in [2.05, 4.69) is 77.3 Å². The number of fused-ring (bicyclic) bond motifs is 6. The highest BCUT2D eigenvalue weighted by Crippen LogP contribution is 2.75. The first-order chi connectivity index (χ1) is 29.2. The van der Waals surface area contributed by atoms with Crippen molar-refractivity contribution in [2.75, 3.05) is 33.4 Å². The van der Waals surface area contributed by atoms with Gasteiger partial charge < -0.3 is 30.1 Å². The number of allylic oxidation sites excluding steroid dienone is 1. The molecule has 3 saturated carbocycles. The largest absolute Gasteiger partial charge is 0.392 e. The van der Waals surface area contributed by atoms with Crippen molar-refractivity contribution in [1.29, 1.82) is 0 Å². The SMILES string of the molecule is CNCC[C@]1(C)C(=O)CC[C@@]2(C)[C@H]1CC[C@@]1(C)[C@H]2[C@H](O)[C@H](C[NH+]2C=C(Cc3cc(C)cc(C4(O)CCOCC4)c3)C3=NC=CC32)C2=C([C@H](C)C[C@@H](O)[C@@H]3OC3(C)C)C(=O)C[C@]21C. The lowest BCUT2D eigenvalue weighted by Gasteiger charge is -2.70. The molecule has 0 spiro atoms. The maximum Gasteiger partial charge on any atom is 0.160 e. The van der Waals surface area contributed by atoms with E-state index in [1.165, 1.54) is 4.90 Å². The summed E-state index contributed by atoms with van der Waals surface area (Å²) in [5, 5.41) is 40.0. The molecule has 1 aromatic rings. The Bertz CT molecular complexity index is 2130. The van der Waals surface area contributed by atoms with Crippen molar-refractivity contribution in [2.45, 2.75) is 155 Å². The number of hydrogen-bond acceptors (Lipinski definition) is 9. The van der Waals surface area contributed by atoms with E-state index >= 15 is 0 Å². The van der Waals surface area contributed by atoms with Gasteiger partial charge in [0, 0.05) is 67.9 Å². The number of Topliss-reactive ketones (excluding diaryl/α,β-unsaturated/α-hetero) is 2. The van der Waals surface area contributed by atoms with E-state index in [0.717, 1.165) is 71.3 Å². The second kappa shape index (κ2) is 15.4. The molecule has 4 aliphatic heterocycles. The monoisotopic (exact) mass is 853 g/mol. The van der Waals surface area contributed by atoms with E-state index in [9.17, 15) is 24.9 Å². The van der Waals surface area contributed by atoms with Crippen LogP contribution >= 0.6 is 0 Å². The van der Waals surface area contributed by atoms with Crippen LogP contribution in [0.25, 0.3) is 0 Å². The zero-order valence-electron chi connectivity index (χ0n) is 38.9. The van der Waals surface area contributed by atoms with Crippen molar-refractivity contribution in [3.05, 3.63) is 70.1 Å². The molecule has 13 atom stereocenters. The van der Waals surface area contributed by atoms with Gasteiger partial charge in [-0.05, 0) is 123 Å². The number of nitrogens with one attached hydrogen (secondary N) is 2. The summed E-state index contributed by atoms with van der Waals surface area (Å²) in [6.45, 7) is 19.9. The number of aliphatic hydroxyl groups is 3. The van der Waals surface area contributed by atoms with Crippen LogP contribution in [0.4, 0.5) is 0 Å². The van der Waals surface area contributed by atoms with Gasteiger partial charge in [0.05, 0.1) is 35.9 Å². The summed E-state index contributed by atoms with van der Waals surface area (Å²) < 4.78 is 11.5. The van der Waals surface area contributed by atoms with Crippen LogP contribution in [0.2, 0.25) is 0 Å². The number of aliphatic imine (C=N–C) groups is 1. The molecule has 338 valence electrons. The molecule has 10 nitrogen and oxygen atoms in total. The highest BCUT2D eigenvalue weighted by Gasteiger charge is 2.73. The molecular weight excluding hydrogens is 779 g/mol. The van der Waals surface area contributed by atoms with Gasteiger partial charge in [0.1, 0.15) is 23.8 Å². The second-order valence-corrected chi connectivity index (χ2v) is 22.7. The first-order valence-corrected chi connectivity index (χ1v) is 23.9. The fraction of sp³-hybridized carbons (Fsp3) is 0.712. The minimum Gasteiger partial charge on any atom is -0.392 e. The second-order valence-electron chi connectivity index (χ2n) is 22.7. The maximum atomic E-state index is 14.9. The lowest BCUT2D eigenvalue weighted by molar-refractivity contribution is -0.856. The molecule has 0 aromatic heterocycles. The third kappa shape index (κ3) is 6.77. The number of quaternary nitrogens is 1. The molecule has 10 heteroatoms. The normalized spacial score (nSPS) is 41.3. The van der Waals surface area contributed by atoms with Crippen molar-refractivity contribution in [3.8, 4) is 0 Å². The highest BCUT2D eigenvalue weighted by molar-refractivity contribution is 6.07. The number of carbonyl (C=O) groups is 2. The number of aryl methyl sites for hydroxylation is 1. The van der Waals surface area contributed by atoms with E-state index in [1.807, 2.05) is 27.1 Å². The summed E-state index contributed by atoms with van der Waals surface area (Å²) in [6, 6.07) is 6.47. The summed E-state index contributed by atoms with van der Waals surface area (Å²) in [6.07, 6.45) is 11.1. The smallest absolute Gasteiger partial charge is 0.160 e. The van der Waals surface area contributed by atoms with Gasteiger partial charge in [-0.1, -0.05) is 58.4 Å². The van der Waals surface area contributed by atoms with Crippen molar-refractivity contribution in [3.63, 3.8) is 0 Å². The molecule has 0 amide bonds. The molecular formula is C52H74N3O7+. The molecule has 1 aromatic carbocycles. The zero-order chi connectivity index (χ0) is 44.4. The van der Waals surface area contributed by atoms with Crippen LogP contribution in [0.1, 0.15) is 123 Å². The number of aliphatic hydroxyl groups excluding tert-OH is 2. The number of nitrogens with zero attached hydrogens (tertiary/aromatic N) is 1. The molecule has 4 heterocycles. The Morgan fingerprint density at radius 3 is 2.45 bits per heavy atom. The average Bonchev–Trinajstić information content (AvgIpc) is 3.48. The minimum absolute atomic E-state index is 0.0119. The standard InChI is InChI=1S/C52H73N3O7/c1-30-22-32(26-34(23-30)52(60)16-20-61-21-17-52)25-33-28-55(36-12-18-54-43(33)36)29-35-42-41(31(2)24-37(56)46-47(3,4)62-46)38(57)27-51(42,8)50(7)14-10-39-48(5,15-19-53-9)40(58)11-13-49(39,6)45(50)44(35)59/h12,18,22-23,26,28,31,35-37,39,44-46,53,56,59-60H,10-11,13-17,19-21,24-25,27,29H2,1-9H3/p+1/t31-,35-,36?,37-,39+,44-,45+,46+,48+,49+,50+,51-/m1/s1. The topological polar surface area (TPSA) is 145 Å². The molecule has 62 heavy (non-hydrogen) atoms. The van der Waals surface area contributed by atoms with Crippen LogP contribution in [-0.4, -0.2) is 95.9 Å². The van der Waals surface area contributed by atoms with Gasteiger partial charge in [-0.25, -0.2) is 0 Å². The van der Waals surface area contributed by atoms with E-state index < -0.39 is 28.6 Å². The van der Waals surface area contributed by atoms with Crippen LogP contribution in [-0.2, 0) is 31.1 Å². The molecule has 9 rings (SSSR count). The third-order valence-electron chi connectivity index (χ3n) is 18.6. The Hall–Kier alpha value is -2.83. The predicted molar refractivity (Wildman–Crippen MR) is 239 cm³/mol. The molecule has 5 N–H and O–H groups in total. The predicted octanol–water partition coefficient (Wildman–Crippen LogP) is 5.50. The first-order valence-electron chi connectivity index (χ1n) is 23.9. The van der Waals surface area contributed by atoms with E-state index in [1.54, 1.807) is 0 Å². The molecule has 2 saturated heterocycles. The van der Waals surface area contributed by atoms with E-state index in [-0.39, 0.29) is 58.0 Å². The lowest BCUT2D eigenvalue weighted by atomic mass is 9.34. The number of ketones is 2. The number of rotatable bonds is 12. The van der Waals surface area contributed by atoms with E-state index in [0.29, 0.717) is 64.1 Å². The number of epoxide rings is 1. The molecule has 2 unspecified atom stereocenters. The van der Waals surface area contributed by atoms with Crippen molar-refractivity contribution in [1.82, 2.24) is 5.32 Å². The number of benzene rings is 1. The van der Waals surface area contributed by atoms with Gasteiger partial charge in [-0.2, -0.15) is 0 Å². The molecule has 5 fully saturated rings. The van der Waals surface area contributed by atoms with Gasteiger partial charge in [0.2, 0.25) is 0 Å². The zero-order valence-corrected chi connectivity index (χ0v) is 38.9. The van der Waals surface area contributed by atoms with Crippen molar-refractivity contribution < 1.29 is 39.3 Å². The van der Waals surface area contributed by atoms with Crippen molar-refractivity contribution in [2.24, 2.45) is 50.3 Å². The molecule has 0 radical (unpaired) electrons. The lowest BCUT2D eigenvalue weighted by Crippen LogP contribution is -3.11. The van der Waals surface area contributed by atoms with Gasteiger partial charge in [0.15, 0.2) is 11.8 Å². The first kappa shape index (κ1) is 44.4. The highest BCUT2D eigenvalue weighted by atomic mass is 16.6. The summed E-state index contributed by atoms with van der Waals surface area (Å²) in [5.41, 5.74) is 4.35. The van der Waals surface area contributed by atoms with E-state index in [4.69, 9.17) is 14.5 Å². The minimum atomic E-state index is -0.905. The van der Waals surface area contributed by atoms with Gasteiger partial charge in [0.25, 0.3) is 0 Å². The summed E-state index contributed by atoms with van der Waals surface area (Å²) in [7, 11) is 1.96. The fourth-order valence-corrected chi connectivity index (χ4v) is 15.3. The van der Waals surface area contributed by atoms with Crippen LogP contribution in [0.5, 0.6) is 0 Å². The molecule has 8 aliphatic rings. The summed E-state index contributed by atoms with van der Waals surface area (Å²) in [4.78, 5) is 35.0. The maximum absolute atomic E-state index is 14.9. The Labute approximate surface area is 369 Å². The third-order valence-corrected chi connectivity index (χ3v) is 18.6. The van der Waals surface area contributed by atoms with Gasteiger partial charge in [-0.3, -0.25) is 19.5 Å². The van der Waals surface area contributed by atoms with Crippen LogP contribution < -0.4 is 10.2 Å². The Kier molecular flexibility index (Phi) is 11.0. The summed E-state index contributed by atoms with van der Waals surface area (Å²) >= 11 is 0. The Balaban J connectivity index is 1.11. The summed E-state index contributed by atoms with van der Waals surface area (Å²) in [5.74, 6) is -0.0269.